The number of amides is 1. The largest absolute Gasteiger partial charge is 0.507 e. The van der Waals surface area contributed by atoms with Crippen molar-refractivity contribution in [1.29, 1.82) is 0 Å². The fourth-order valence-electron chi connectivity index (χ4n) is 1.48. The van der Waals surface area contributed by atoms with Crippen molar-refractivity contribution in [2.45, 2.75) is 26.3 Å². The minimum Gasteiger partial charge on any atom is -0.507 e. The van der Waals surface area contributed by atoms with Crippen molar-refractivity contribution >= 4 is 5.91 Å². The smallest absolute Gasteiger partial charge is 0.257 e. The molecular formula is C13H19NO3. The molecule has 0 aromatic heterocycles. The number of hydrogen-bond acceptors (Lipinski definition) is 3. The van der Waals surface area contributed by atoms with Crippen LogP contribution in [-0.4, -0.2) is 36.1 Å². The molecule has 0 spiro atoms. The van der Waals surface area contributed by atoms with Gasteiger partial charge in [0.05, 0.1) is 12.7 Å². The van der Waals surface area contributed by atoms with Crippen molar-refractivity contribution in [3.8, 4) is 11.5 Å². The lowest BCUT2D eigenvalue weighted by atomic mass is 10.1. The molecule has 1 aromatic rings. The zero-order chi connectivity index (χ0) is 13.0. The number of benzene rings is 1. The topological polar surface area (TPSA) is 49.8 Å². The Labute approximate surface area is 102 Å². The van der Waals surface area contributed by atoms with Gasteiger partial charge in [-0.05, 0) is 31.5 Å². The molecule has 1 amide bonds. The van der Waals surface area contributed by atoms with Crippen LogP contribution in [0.4, 0.5) is 0 Å². The van der Waals surface area contributed by atoms with E-state index in [2.05, 4.69) is 0 Å². The molecule has 0 saturated heterocycles. The lowest BCUT2D eigenvalue weighted by Crippen LogP contribution is -2.34. The molecule has 17 heavy (non-hydrogen) atoms. The van der Waals surface area contributed by atoms with Gasteiger partial charge in [-0.1, -0.05) is 6.92 Å². The summed E-state index contributed by atoms with van der Waals surface area (Å²) < 4.78 is 5.04. The van der Waals surface area contributed by atoms with E-state index in [4.69, 9.17) is 4.74 Å². The van der Waals surface area contributed by atoms with Crippen LogP contribution in [0.1, 0.15) is 30.6 Å². The highest BCUT2D eigenvalue weighted by molar-refractivity contribution is 5.97. The quantitative estimate of drug-likeness (QED) is 0.874. The number of aromatic hydroxyl groups is 1. The Morgan fingerprint density at radius 2 is 2.18 bits per heavy atom. The van der Waals surface area contributed by atoms with E-state index < -0.39 is 0 Å². The second-order valence-electron chi connectivity index (χ2n) is 4.06. The summed E-state index contributed by atoms with van der Waals surface area (Å²) in [6, 6.07) is 4.77. The van der Waals surface area contributed by atoms with E-state index in [1.54, 1.807) is 24.1 Å². The molecule has 4 heteroatoms. The van der Waals surface area contributed by atoms with E-state index in [1.165, 1.54) is 13.2 Å². The molecular weight excluding hydrogens is 218 g/mol. The van der Waals surface area contributed by atoms with Crippen LogP contribution in [0.2, 0.25) is 0 Å². The predicted octanol–water partition coefficient (Wildman–Crippen LogP) is 2.27. The predicted molar refractivity (Wildman–Crippen MR) is 66.5 cm³/mol. The van der Waals surface area contributed by atoms with Gasteiger partial charge in [0.2, 0.25) is 0 Å². The first-order valence-electron chi connectivity index (χ1n) is 5.65. The Balaban J connectivity index is 3.02. The van der Waals surface area contributed by atoms with E-state index in [9.17, 15) is 9.90 Å². The number of carbonyl (C=O) groups is 1. The normalized spacial score (nSPS) is 12.0. The summed E-state index contributed by atoms with van der Waals surface area (Å²) in [6.07, 6.45) is 0.868. The zero-order valence-corrected chi connectivity index (χ0v) is 10.7. The van der Waals surface area contributed by atoms with E-state index in [0.29, 0.717) is 5.75 Å². The van der Waals surface area contributed by atoms with Crippen molar-refractivity contribution in [3.05, 3.63) is 23.8 Å². The Morgan fingerprint density at radius 3 is 2.71 bits per heavy atom. The number of nitrogens with zero attached hydrogens (tertiary/aromatic N) is 1. The van der Waals surface area contributed by atoms with Gasteiger partial charge < -0.3 is 14.7 Å². The van der Waals surface area contributed by atoms with Crippen molar-refractivity contribution in [1.82, 2.24) is 4.90 Å². The maximum absolute atomic E-state index is 12.1. The maximum Gasteiger partial charge on any atom is 0.257 e. The Morgan fingerprint density at radius 1 is 1.53 bits per heavy atom. The maximum atomic E-state index is 12.1. The molecule has 0 saturated carbocycles. The molecule has 1 rings (SSSR count). The second-order valence-corrected chi connectivity index (χ2v) is 4.06. The minimum absolute atomic E-state index is 0.0223. The summed E-state index contributed by atoms with van der Waals surface area (Å²) in [5.41, 5.74) is 0.271. The second kappa shape index (κ2) is 5.57. The van der Waals surface area contributed by atoms with Gasteiger partial charge in [0, 0.05) is 13.1 Å². The zero-order valence-electron chi connectivity index (χ0n) is 10.7. The summed E-state index contributed by atoms with van der Waals surface area (Å²) in [7, 11) is 3.26. The van der Waals surface area contributed by atoms with Crippen LogP contribution in [0, 0.1) is 0 Å². The first-order valence-corrected chi connectivity index (χ1v) is 5.65. The van der Waals surface area contributed by atoms with Gasteiger partial charge in [-0.2, -0.15) is 0 Å². The van der Waals surface area contributed by atoms with Crippen LogP contribution >= 0.6 is 0 Å². The van der Waals surface area contributed by atoms with Crippen LogP contribution in [-0.2, 0) is 0 Å². The molecule has 0 bridgehead atoms. The number of rotatable bonds is 4. The Bertz CT molecular complexity index is 404. The van der Waals surface area contributed by atoms with Crippen LogP contribution in [0.15, 0.2) is 18.2 Å². The molecule has 4 nitrogen and oxygen atoms in total. The van der Waals surface area contributed by atoms with Crippen LogP contribution in [0.25, 0.3) is 0 Å². The SMILES string of the molecule is CCC(C)N(C)C(=O)c1cc(OC)ccc1O. The van der Waals surface area contributed by atoms with Gasteiger partial charge in [-0.15, -0.1) is 0 Å². The highest BCUT2D eigenvalue weighted by Crippen LogP contribution is 2.24. The van der Waals surface area contributed by atoms with E-state index in [-0.39, 0.29) is 23.3 Å². The highest BCUT2D eigenvalue weighted by Gasteiger charge is 2.19. The van der Waals surface area contributed by atoms with Crippen LogP contribution < -0.4 is 4.74 Å². The first kappa shape index (κ1) is 13.4. The molecule has 0 aliphatic carbocycles. The minimum atomic E-state index is -0.198. The molecule has 0 fully saturated rings. The average molecular weight is 237 g/mol. The third-order valence-corrected chi connectivity index (χ3v) is 3.01. The highest BCUT2D eigenvalue weighted by atomic mass is 16.5. The molecule has 1 unspecified atom stereocenters. The molecule has 0 aliphatic heterocycles. The van der Waals surface area contributed by atoms with Crippen LogP contribution in [0.5, 0.6) is 11.5 Å². The van der Waals surface area contributed by atoms with Gasteiger partial charge in [0.15, 0.2) is 0 Å². The molecule has 0 aliphatic rings. The first-order chi connectivity index (χ1) is 8.01. The number of phenols is 1. The molecule has 0 radical (unpaired) electrons. The van der Waals surface area contributed by atoms with Crippen molar-refractivity contribution in [2.75, 3.05) is 14.2 Å². The summed E-state index contributed by atoms with van der Waals surface area (Å²) in [4.78, 5) is 13.8. The van der Waals surface area contributed by atoms with Gasteiger partial charge in [0.1, 0.15) is 11.5 Å². The molecule has 0 heterocycles. The monoisotopic (exact) mass is 237 g/mol. The number of phenolic OH excluding ortho intramolecular Hbond substituents is 1. The lowest BCUT2D eigenvalue weighted by Gasteiger charge is -2.24. The third kappa shape index (κ3) is 2.90. The summed E-state index contributed by atoms with van der Waals surface area (Å²) >= 11 is 0. The number of hydrogen-bond donors (Lipinski definition) is 1. The van der Waals surface area contributed by atoms with Gasteiger partial charge in [-0.25, -0.2) is 0 Å². The summed E-state index contributed by atoms with van der Waals surface area (Å²) in [5, 5.41) is 9.70. The van der Waals surface area contributed by atoms with Crippen molar-refractivity contribution < 1.29 is 14.6 Å². The standard InChI is InChI=1S/C13H19NO3/c1-5-9(2)14(3)13(16)11-8-10(17-4)6-7-12(11)15/h6-9,15H,5H2,1-4H3. The van der Waals surface area contributed by atoms with Gasteiger partial charge >= 0.3 is 0 Å². The number of ether oxygens (including phenoxy) is 1. The molecule has 94 valence electrons. The fraction of sp³-hybridized carbons (Fsp3) is 0.462. The van der Waals surface area contributed by atoms with Gasteiger partial charge in [-0.3, -0.25) is 4.79 Å². The number of methoxy groups -OCH3 is 1. The van der Waals surface area contributed by atoms with E-state index in [0.717, 1.165) is 6.42 Å². The van der Waals surface area contributed by atoms with E-state index >= 15 is 0 Å². The Kier molecular flexibility index (Phi) is 4.37. The van der Waals surface area contributed by atoms with E-state index in [1.807, 2.05) is 13.8 Å². The third-order valence-electron chi connectivity index (χ3n) is 3.01. The summed E-state index contributed by atoms with van der Waals surface area (Å²) in [6.45, 7) is 3.98. The van der Waals surface area contributed by atoms with Crippen molar-refractivity contribution in [2.24, 2.45) is 0 Å². The lowest BCUT2D eigenvalue weighted by molar-refractivity contribution is 0.0737. The molecule has 1 N–H and O–H groups in total. The fourth-order valence-corrected chi connectivity index (χ4v) is 1.48. The molecule has 1 atom stereocenters. The Hall–Kier alpha value is -1.71. The molecule has 1 aromatic carbocycles. The van der Waals surface area contributed by atoms with Crippen LogP contribution in [0.3, 0.4) is 0 Å². The summed E-state index contributed by atoms with van der Waals surface area (Å²) in [5.74, 6) is 0.338. The number of carbonyl (C=O) groups excluding carboxylic acids is 1. The van der Waals surface area contributed by atoms with Gasteiger partial charge in [0.25, 0.3) is 5.91 Å². The average Bonchev–Trinajstić information content (AvgIpc) is 2.36. The van der Waals surface area contributed by atoms with Crippen molar-refractivity contribution in [3.63, 3.8) is 0 Å².